The molecule has 188 valence electrons. The third-order valence-electron chi connectivity index (χ3n) is 5.54. The zero-order valence-corrected chi connectivity index (χ0v) is 18.0. The molecular weight excluding hydrogens is 472 g/mol. The van der Waals surface area contributed by atoms with Crippen LogP contribution in [0.3, 0.4) is 0 Å². The molecule has 0 amide bonds. The molecule has 3 aromatic rings. The molecule has 2 heterocycles. The van der Waals surface area contributed by atoms with Crippen LogP contribution in [0.15, 0.2) is 33.5 Å². The number of hydrogen-bond acceptors (Lipinski definition) is 13. The maximum Gasteiger partial charge on any atom is 0.239 e. The molecule has 1 aliphatic rings. The van der Waals surface area contributed by atoms with E-state index in [4.69, 9.17) is 18.6 Å². The number of hydrogen-bond donors (Lipinski definition) is 8. The molecule has 13 nitrogen and oxygen atoms in total. The van der Waals surface area contributed by atoms with Crippen LogP contribution in [-0.4, -0.2) is 85.3 Å². The van der Waals surface area contributed by atoms with Gasteiger partial charge in [0.25, 0.3) is 0 Å². The normalized spacial score (nSPS) is 24.4. The molecule has 4 rings (SSSR count). The molecular formula is C22H22O13. The summed E-state index contributed by atoms with van der Waals surface area (Å²) >= 11 is 0. The lowest BCUT2D eigenvalue weighted by Crippen LogP contribution is -2.60. The Morgan fingerprint density at radius 1 is 0.943 bits per heavy atom. The minimum Gasteiger partial charge on any atom is -0.508 e. The maximum atomic E-state index is 13.4. The summed E-state index contributed by atoms with van der Waals surface area (Å²) in [7, 11) is 1.20. The predicted octanol–water partition coefficient (Wildman–Crippen LogP) is -0.530. The van der Waals surface area contributed by atoms with Crippen molar-refractivity contribution in [3.8, 4) is 45.8 Å². The fourth-order valence-electron chi connectivity index (χ4n) is 3.73. The summed E-state index contributed by atoms with van der Waals surface area (Å²) in [6.07, 6.45) is -8.53. The Labute approximate surface area is 195 Å². The van der Waals surface area contributed by atoms with Gasteiger partial charge in [0.15, 0.2) is 17.3 Å². The summed E-state index contributed by atoms with van der Waals surface area (Å²) < 4.78 is 21.6. The highest BCUT2D eigenvalue weighted by Crippen LogP contribution is 2.43. The van der Waals surface area contributed by atoms with Crippen LogP contribution in [0.25, 0.3) is 22.3 Å². The van der Waals surface area contributed by atoms with Gasteiger partial charge in [-0.15, -0.1) is 0 Å². The molecule has 5 atom stereocenters. The molecule has 1 aromatic heterocycles. The summed E-state index contributed by atoms with van der Waals surface area (Å²) in [5.41, 5.74) is -1.35. The highest BCUT2D eigenvalue weighted by molar-refractivity contribution is 5.88. The van der Waals surface area contributed by atoms with Crippen LogP contribution in [0, 0.1) is 0 Å². The Hall–Kier alpha value is -3.75. The van der Waals surface area contributed by atoms with Gasteiger partial charge in [-0.1, -0.05) is 0 Å². The summed E-state index contributed by atoms with van der Waals surface area (Å²) in [4.78, 5) is 13.4. The molecule has 1 saturated heterocycles. The van der Waals surface area contributed by atoms with Gasteiger partial charge in [0.05, 0.1) is 13.7 Å². The number of fused-ring (bicyclic) bond motifs is 1. The van der Waals surface area contributed by atoms with E-state index in [9.17, 15) is 45.6 Å². The second-order valence-electron chi connectivity index (χ2n) is 7.79. The topological polar surface area (TPSA) is 220 Å². The Morgan fingerprint density at radius 2 is 1.66 bits per heavy atom. The van der Waals surface area contributed by atoms with Gasteiger partial charge in [-0.2, -0.15) is 0 Å². The quantitative estimate of drug-likeness (QED) is 0.209. The van der Waals surface area contributed by atoms with E-state index in [0.29, 0.717) is 0 Å². The van der Waals surface area contributed by atoms with Crippen molar-refractivity contribution in [2.24, 2.45) is 0 Å². The van der Waals surface area contributed by atoms with Crippen molar-refractivity contribution < 1.29 is 59.5 Å². The van der Waals surface area contributed by atoms with E-state index in [2.05, 4.69) is 0 Å². The van der Waals surface area contributed by atoms with Gasteiger partial charge in [0.2, 0.25) is 23.2 Å². The monoisotopic (exact) mass is 494 g/mol. The van der Waals surface area contributed by atoms with Crippen molar-refractivity contribution in [1.82, 2.24) is 0 Å². The first-order valence-corrected chi connectivity index (χ1v) is 10.2. The Kier molecular flexibility index (Phi) is 6.36. The Morgan fingerprint density at radius 3 is 2.31 bits per heavy atom. The van der Waals surface area contributed by atoms with Crippen molar-refractivity contribution in [3.63, 3.8) is 0 Å². The zero-order chi connectivity index (χ0) is 25.6. The fourth-order valence-corrected chi connectivity index (χ4v) is 3.73. The first-order valence-electron chi connectivity index (χ1n) is 10.2. The van der Waals surface area contributed by atoms with Crippen LogP contribution in [0.4, 0.5) is 0 Å². The second kappa shape index (κ2) is 9.13. The van der Waals surface area contributed by atoms with Gasteiger partial charge in [0, 0.05) is 17.7 Å². The van der Waals surface area contributed by atoms with Gasteiger partial charge in [-0.05, 0) is 12.1 Å². The number of rotatable bonds is 5. The van der Waals surface area contributed by atoms with E-state index in [1.54, 1.807) is 0 Å². The average molecular weight is 494 g/mol. The lowest BCUT2D eigenvalue weighted by Gasteiger charge is -2.39. The molecule has 0 spiro atoms. The van der Waals surface area contributed by atoms with E-state index >= 15 is 0 Å². The number of phenolic OH excluding ortho intramolecular Hbond substituents is 4. The maximum absolute atomic E-state index is 13.4. The first kappa shape index (κ1) is 24.4. The van der Waals surface area contributed by atoms with Gasteiger partial charge >= 0.3 is 0 Å². The molecule has 1 fully saturated rings. The molecule has 2 aromatic carbocycles. The van der Waals surface area contributed by atoms with Crippen LogP contribution < -0.4 is 14.9 Å². The molecule has 0 bridgehead atoms. The van der Waals surface area contributed by atoms with Crippen molar-refractivity contribution in [2.45, 2.75) is 30.7 Å². The predicted molar refractivity (Wildman–Crippen MR) is 116 cm³/mol. The average Bonchev–Trinajstić information content (AvgIpc) is 2.81. The van der Waals surface area contributed by atoms with E-state index in [1.807, 2.05) is 0 Å². The number of benzene rings is 2. The summed E-state index contributed by atoms with van der Waals surface area (Å²) in [6, 6.07) is 4.10. The van der Waals surface area contributed by atoms with Crippen LogP contribution >= 0.6 is 0 Å². The largest absolute Gasteiger partial charge is 0.508 e. The molecule has 0 radical (unpaired) electrons. The van der Waals surface area contributed by atoms with E-state index in [0.717, 1.165) is 18.2 Å². The third-order valence-corrected chi connectivity index (χ3v) is 5.54. The van der Waals surface area contributed by atoms with Crippen LogP contribution in [-0.2, 0) is 4.74 Å². The van der Waals surface area contributed by atoms with Gasteiger partial charge in [-0.3, -0.25) is 4.79 Å². The molecule has 35 heavy (non-hydrogen) atoms. The highest BCUT2D eigenvalue weighted by atomic mass is 16.7. The van der Waals surface area contributed by atoms with E-state index < -0.39 is 82.6 Å². The number of aliphatic hydroxyl groups excluding tert-OH is 4. The van der Waals surface area contributed by atoms with Gasteiger partial charge < -0.3 is 59.5 Å². The number of ether oxygens (including phenoxy) is 3. The molecule has 0 aliphatic carbocycles. The van der Waals surface area contributed by atoms with Crippen molar-refractivity contribution >= 4 is 11.0 Å². The van der Waals surface area contributed by atoms with Crippen molar-refractivity contribution in [1.29, 1.82) is 0 Å². The fraction of sp³-hybridized carbons (Fsp3) is 0.318. The van der Waals surface area contributed by atoms with Crippen LogP contribution in [0.5, 0.6) is 34.5 Å². The number of aliphatic hydroxyl groups is 4. The van der Waals surface area contributed by atoms with Crippen molar-refractivity contribution in [3.05, 3.63) is 34.5 Å². The Bertz CT molecular complexity index is 1320. The molecule has 13 heteroatoms. The smallest absolute Gasteiger partial charge is 0.239 e. The number of methoxy groups -OCH3 is 1. The summed E-state index contributed by atoms with van der Waals surface area (Å²) in [6.45, 7) is -0.757. The van der Waals surface area contributed by atoms with E-state index in [1.165, 1.54) is 13.2 Å². The Balaban J connectivity index is 1.94. The number of aromatic hydroxyl groups is 4. The van der Waals surface area contributed by atoms with Gasteiger partial charge in [0.1, 0.15) is 46.9 Å². The molecule has 8 N–H and O–H groups in total. The minimum atomic E-state index is -1.88. The van der Waals surface area contributed by atoms with Crippen LogP contribution in [0.2, 0.25) is 0 Å². The lowest BCUT2D eigenvalue weighted by molar-refractivity contribution is -0.277. The summed E-state index contributed by atoms with van der Waals surface area (Å²) in [5, 5.41) is 79.5. The highest BCUT2D eigenvalue weighted by Gasteiger charge is 2.45. The third kappa shape index (κ3) is 4.15. The zero-order valence-electron chi connectivity index (χ0n) is 18.0. The molecule has 1 aliphatic heterocycles. The first-order chi connectivity index (χ1) is 16.6. The van der Waals surface area contributed by atoms with E-state index in [-0.39, 0.29) is 16.9 Å². The van der Waals surface area contributed by atoms with Crippen molar-refractivity contribution in [2.75, 3.05) is 13.7 Å². The second-order valence-corrected chi connectivity index (χ2v) is 7.79. The molecule has 0 unspecified atom stereocenters. The summed E-state index contributed by atoms with van der Waals surface area (Å²) in [5.74, 6) is -3.64. The lowest BCUT2D eigenvalue weighted by atomic mass is 9.99. The standard InChI is InChI=1S/C22H22O13/c1-32-12-3-7(2-10(26)15(12)27)20-21(17(29)14-9(25)4-8(24)5-11(14)33-20)35-22-19(31)18(30)16(28)13(6-23)34-22/h2-5,13,16,18-19,22-28,30-31H,6H2,1H3/t13-,16-,18+,19-,22+/m1/s1. The molecule has 0 saturated carbocycles. The van der Waals surface area contributed by atoms with Crippen LogP contribution in [0.1, 0.15) is 0 Å². The SMILES string of the molecule is COc1cc(-c2oc3cc(O)cc(O)c3c(=O)c2O[C@@H]2O[C@H](CO)[C@@H](O)[C@H](O)[C@H]2O)cc(O)c1O. The minimum absolute atomic E-state index is 0.0708. The number of phenols is 4. The van der Waals surface area contributed by atoms with Gasteiger partial charge in [-0.25, -0.2) is 0 Å².